The molecule has 0 radical (unpaired) electrons. The Morgan fingerprint density at radius 2 is 1.60 bits per heavy atom. The SMILES string of the molecule is CC(C)C(=O)C(CCC(F)(F)F)CC(=O)OC(C)(C)C. The van der Waals surface area contributed by atoms with Gasteiger partial charge in [-0.05, 0) is 27.2 Å². The van der Waals surface area contributed by atoms with Crippen molar-refractivity contribution in [1.29, 1.82) is 0 Å². The van der Waals surface area contributed by atoms with Crippen LogP contribution < -0.4 is 0 Å². The van der Waals surface area contributed by atoms with E-state index in [2.05, 4.69) is 0 Å². The summed E-state index contributed by atoms with van der Waals surface area (Å²) in [6, 6.07) is 0. The first-order valence-corrected chi connectivity index (χ1v) is 6.64. The third-order valence-corrected chi connectivity index (χ3v) is 2.58. The Balaban J connectivity index is 4.70. The van der Waals surface area contributed by atoms with Crippen LogP contribution in [-0.2, 0) is 14.3 Å². The number of halogens is 3. The molecule has 0 saturated heterocycles. The van der Waals surface area contributed by atoms with Gasteiger partial charge in [0, 0.05) is 18.3 Å². The predicted octanol–water partition coefficient (Wildman–Crippen LogP) is 3.90. The number of ether oxygens (including phenoxy) is 1. The van der Waals surface area contributed by atoms with Gasteiger partial charge in [0.2, 0.25) is 0 Å². The fourth-order valence-electron chi connectivity index (χ4n) is 1.74. The molecule has 3 nitrogen and oxygen atoms in total. The first kappa shape index (κ1) is 18.9. The first-order valence-electron chi connectivity index (χ1n) is 6.64. The Hall–Kier alpha value is -1.07. The highest BCUT2D eigenvalue weighted by Crippen LogP contribution is 2.27. The summed E-state index contributed by atoms with van der Waals surface area (Å²) >= 11 is 0. The summed E-state index contributed by atoms with van der Waals surface area (Å²) < 4.78 is 41.8. The molecule has 1 atom stereocenters. The van der Waals surface area contributed by atoms with Crippen LogP contribution in [0.5, 0.6) is 0 Å². The molecule has 0 spiro atoms. The summed E-state index contributed by atoms with van der Waals surface area (Å²) in [6.45, 7) is 8.22. The zero-order valence-corrected chi connectivity index (χ0v) is 12.6. The lowest BCUT2D eigenvalue weighted by molar-refractivity contribution is -0.159. The van der Waals surface area contributed by atoms with Gasteiger partial charge in [0.25, 0.3) is 0 Å². The summed E-state index contributed by atoms with van der Waals surface area (Å²) in [4.78, 5) is 23.6. The second-order valence-electron chi connectivity index (χ2n) is 6.20. The quantitative estimate of drug-likeness (QED) is 0.698. The van der Waals surface area contributed by atoms with Crippen molar-refractivity contribution in [3.63, 3.8) is 0 Å². The van der Waals surface area contributed by atoms with Gasteiger partial charge in [-0.3, -0.25) is 9.59 Å². The maximum atomic E-state index is 12.3. The van der Waals surface area contributed by atoms with Gasteiger partial charge in [-0.1, -0.05) is 13.8 Å². The van der Waals surface area contributed by atoms with E-state index in [9.17, 15) is 22.8 Å². The summed E-state index contributed by atoms with van der Waals surface area (Å²) in [5.41, 5.74) is -0.716. The van der Waals surface area contributed by atoms with E-state index in [4.69, 9.17) is 4.74 Å². The molecule has 0 saturated carbocycles. The van der Waals surface area contributed by atoms with Crippen molar-refractivity contribution in [2.75, 3.05) is 0 Å². The zero-order valence-electron chi connectivity index (χ0n) is 12.6. The summed E-state index contributed by atoms with van der Waals surface area (Å²) in [5, 5.41) is 0. The highest BCUT2D eigenvalue weighted by molar-refractivity contribution is 5.86. The molecular weight excluding hydrogens is 273 g/mol. The smallest absolute Gasteiger partial charge is 0.389 e. The average molecular weight is 296 g/mol. The van der Waals surface area contributed by atoms with Crippen LogP contribution in [0.15, 0.2) is 0 Å². The van der Waals surface area contributed by atoms with Gasteiger partial charge in [0.1, 0.15) is 11.4 Å². The summed E-state index contributed by atoms with van der Waals surface area (Å²) in [5.74, 6) is -2.32. The Morgan fingerprint density at radius 3 is 1.95 bits per heavy atom. The van der Waals surface area contributed by atoms with E-state index < -0.39 is 36.0 Å². The minimum absolute atomic E-state index is 0.301. The van der Waals surface area contributed by atoms with E-state index in [1.165, 1.54) is 0 Å². The number of ketones is 1. The lowest BCUT2D eigenvalue weighted by Crippen LogP contribution is -2.29. The second-order valence-corrected chi connectivity index (χ2v) is 6.20. The number of carbonyl (C=O) groups excluding carboxylic acids is 2. The van der Waals surface area contributed by atoms with E-state index in [-0.39, 0.29) is 18.6 Å². The largest absolute Gasteiger partial charge is 0.460 e. The van der Waals surface area contributed by atoms with Crippen LogP contribution in [0.1, 0.15) is 53.9 Å². The van der Waals surface area contributed by atoms with E-state index >= 15 is 0 Å². The van der Waals surface area contributed by atoms with Crippen LogP contribution in [0.4, 0.5) is 13.2 Å². The van der Waals surface area contributed by atoms with Crippen molar-refractivity contribution in [3.8, 4) is 0 Å². The minimum Gasteiger partial charge on any atom is -0.460 e. The number of Topliss-reactive ketones (excluding diaryl/α,β-unsaturated/α-hetero) is 1. The van der Waals surface area contributed by atoms with Crippen LogP contribution in [0.25, 0.3) is 0 Å². The maximum Gasteiger partial charge on any atom is 0.389 e. The zero-order chi connectivity index (χ0) is 16.1. The Bertz CT molecular complexity index is 341. The van der Waals surface area contributed by atoms with Crippen molar-refractivity contribution < 1.29 is 27.5 Å². The molecule has 1 unspecified atom stereocenters. The summed E-state index contributed by atoms with van der Waals surface area (Å²) in [6.07, 6.45) is -6.08. The molecule has 0 N–H and O–H groups in total. The number of rotatable bonds is 6. The van der Waals surface area contributed by atoms with Crippen molar-refractivity contribution >= 4 is 11.8 Å². The molecule has 0 fully saturated rings. The molecular formula is C14H23F3O3. The standard InChI is InChI=1S/C14H23F3O3/c1-9(2)12(19)10(6-7-14(15,16)17)8-11(18)20-13(3,4)5/h9-10H,6-8H2,1-5H3. The Kier molecular flexibility index (Phi) is 6.71. The molecule has 0 aromatic heterocycles. The molecule has 0 aromatic carbocycles. The monoisotopic (exact) mass is 296 g/mol. The number of alkyl halides is 3. The molecule has 118 valence electrons. The lowest BCUT2D eigenvalue weighted by atomic mass is 9.88. The number of carbonyl (C=O) groups is 2. The van der Waals surface area contributed by atoms with E-state index in [0.717, 1.165) is 0 Å². The third kappa shape index (κ3) is 8.93. The first-order chi connectivity index (χ1) is 8.82. The van der Waals surface area contributed by atoms with Gasteiger partial charge in [0.15, 0.2) is 0 Å². The van der Waals surface area contributed by atoms with Gasteiger partial charge in [-0.25, -0.2) is 0 Å². The summed E-state index contributed by atoms with van der Waals surface area (Å²) in [7, 11) is 0. The highest BCUT2D eigenvalue weighted by Gasteiger charge is 2.33. The number of hydrogen-bond donors (Lipinski definition) is 0. The van der Waals surface area contributed by atoms with Crippen LogP contribution >= 0.6 is 0 Å². The van der Waals surface area contributed by atoms with Gasteiger partial charge in [-0.15, -0.1) is 0 Å². The van der Waals surface area contributed by atoms with Gasteiger partial charge < -0.3 is 4.74 Å². The van der Waals surface area contributed by atoms with Crippen molar-refractivity contribution in [1.82, 2.24) is 0 Å². The molecule has 0 heterocycles. The molecule has 0 bridgehead atoms. The number of hydrogen-bond acceptors (Lipinski definition) is 3. The van der Waals surface area contributed by atoms with Crippen LogP contribution in [0.2, 0.25) is 0 Å². The second kappa shape index (κ2) is 7.09. The fourth-order valence-corrected chi connectivity index (χ4v) is 1.74. The van der Waals surface area contributed by atoms with E-state index in [1.54, 1.807) is 34.6 Å². The molecule has 0 aliphatic carbocycles. The molecule has 0 amide bonds. The van der Waals surface area contributed by atoms with Crippen molar-refractivity contribution in [2.45, 2.75) is 65.7 Å². The average Bonchev–Trinajstić information content (AvgIpc) is 2.19. The normalized spacial score (nSPS) is 14.2. The molecule has 0 rings (SSSR count). The molecule has 0 aliphatic rings. The molecule has 6 heteroatoms. The predicted molar refractivity (Wildman–Crippen MR) is 69.1 cm³/mol. The highest BCUT2D eigenvalue weighted by atomic mass is 19.4. The van der Waals surface area contributed by atoms with E-state index in [1.807, 2.05) is 0 Å². The van der Waals surface area contributed by atoms with E-state index in [0.29, 0.717) is 0 Å². The molecule has 0 aromatic rings. The van der Waals surface area contributed by atoms with Crippen LogP contribution in [0.3, 0.4) is 0 Å². The van der Waals surface area contributed by atoms with Crippen molar-refractivity contribution in [2.24, 2.45) is 11.8 Å². The topological polar surface area (TPSA) is 43.4 Å². The van der Waals surface area contributed by atoms with Gasteiger partial charge >= 0.3 is 12.1 Å². The maximum absolute atomic E-state index is 12.3. The molecule has 20 heavy (non-hydrogen) atoms. The van der Waals surface area contributed by atoms with Crippen LogP contribution in [0, 0.1) is 11.8 Å². The van der Waals surface area contributed by atoms with Crippen LogP contribution in [-0.4, -0.2) is 23.5 Å². The van der Waals surface area contributed by atoms with Gasteiger partial charge in [0.05, 0.1) is 6.42 Å². The lowest BCUT2D eigenvalue weighted by Gasteiger charge is -2.23. The van der Waals surface area contributed by atoms with Crippen molar-refractivity contribution in [3.05, 3.63) is 0 Å². The Labute approximate surface area is 117 Å². The minimum atomic E-state index is -4.33. The number of esters is 1. The molecule has 0 aliphatic heterocycles. The van der Waals surface area contributed by atoms with Gasteiger partial charge in [-0.2, -0.15) is 13.2 Å². The fraction of sp³-hybridized carbons (Fsp3) is 0.857. The Morgan fingerprint density at radius 1 is 1.10 bits per heavy atom. The third-order valence-electron chi connectivity index (χ3n) is 2.58.